The van der Waals surface area contributed by atoms with E-state index in [0.717, 1.165) is 23.6 Å². The van der Waals surface area contributed by atoms with Crippen LogP contribution in [0.3, 0.4) is 0 Å². The zero-order valence-corrected chi connectivity index (χ0v) is 9.86. The highest BCUT2D eigenvalue weighted by Gasteiger charge is 2.03. The summed E-state index contributed by atoms with van der Waals surface area (Å²) in [5, 5.41) is 4.05. The Balaban J connectivity index is 2.63. The standard InChI is InChI=1S/C12H18ClN/c1-9(8-14-3)6-11-5-4-10(2)12(13)7-11/h4-5,7,9,14H,6,8H2,1-3H3. The summed E-state index contributed by atoms with van der Waals surface area (Å²) in [5.41, 5.74) is 2.47. The van der Waals surface area contributed by atoms with Gasteiger partial charge in [0.1, 0.15) is 0 Å². The maximum atomic E-state index is 6.06. The molecule has 0 heterocycles. The van der Waals surface area contributed by atoms with E-state index in [0.29, 0.717) is 5.92 Å². The van der Waals surface area contributed by atoms with Crippen molar-refractivity contribution in [2.75, 3.05) is 13.6 Å². The van der Waals surface area contributed by atoms with Crippen LogP contribution in [0.25, 0.3) is 0 Å². The van der Waals surface area contributed by atoms with Crippen LogP contribution in [-0.2, 0) is 6.42 Å². The molecule has 1 atom stereocenters. The molecule has 0 amide bonds. The summed E-state index contributed by atoms with van der Waals surface area (Å²) in [6, 6.07) is 6.32. The number of hydrogen-bond acceptors (Lipinski definition) is 1. The molecular formula is C12H18ClN. The fourth-order valence-electron chi connectivity index (χ4n) is 1.59. The van der Waals surface area contributed by atoms with Gasteiger partial charge in [-0.15, -0.1) is 0 Å². The molecule has 0 saturated heterocycles. The van der Waals surface area contributed by atoms with E-state index < -0.39 is 0 Å². The molecule has 1 rings (SSSR count). The summed E-state index contributed by atoms with van der Waals surface area (Å²) < 4.78 is 0. The van der Waals surface area contributed by atoms with Crippen LogP contribution in [0.2, 0.25) is 5.02 Å². The van der Waals surface area contributed by atoms with E-state index in [-0.39, 0.29) is 0 Å². The lowest BCUT2D eigenvalue weighted by Gasteiger charge is -2.11. The van der Waals surface area contributed by atoms with E-state index in [1.165, 1.54) is 5.56 Å². The Bertz CT molecular complexity index is 296. The fourth-order valence-corrected chi connectivity index (χ4v) is 1.79. The van der Waals surface area contributed by atoms with Gasteiger partial charge in [0, 0.05) is 5.02 Å². The first-order valence-electron chi connectivity index (χ1n) is 5.03. The molecule has 0 aliphatic rings. The summed E-state index contributed by atoms with van der Waals surface area (Å²) in [6.45, 7) is 5.32. The zero-order chi connectivity index (χ0) is 10.6. The van der Waals surface area contributed by atoms with Crippen LogP contribution in [0.5, 0.6) is 0 Å². The van der Waals surface area contributed by atoms with Gasteiger partial charge >= 0.3 is 0 Å². The zero-order valence-electron chi connectivity index (χ0n) is 9.10. The van der Waals surface area contributed by atoms with Gasteiger partial charge in [-0.05, 0) is 50.0 Å². The lowest BCUT2D eigenvalue weighted by atomic mass is 10.0. The van der Waals surface area contributed by atoms with Crippen LogP contribution in [0.4, 0.5) is 0 Å². The number of halogens is 1. The van der Waals surface area contributed by atoms with Gasteiger partial charge in [0.15, 0.2) is 0 Å². The minimum absolute atomic E-state index is 0.652. The molecule has 1 aromatic rings. The second kappa shape index (κ2) is 5.38. The molecule has 0 aliphatic heterocycles. The van der Waals surface area contributed by atoms with Crippen molar-refractivity contribution in [3.63, 3.8) is 0 Å². The third-order valence-corrected chi connectivity index (χ3v) is 2.78. The SMILES string of the molecule is CNCC(C)Cc1ccc(C)c(Cl)c1. The van der Waals surface area contributed by atoms with Crippen LogP contribution in [0.1, 0.15) is 18.1 Å². The Kier molecular flexibility index (Phi) is 4.43. The van der Waals surface area contributed by atoms with Gasteiger partial charge in [0.05, 0.1) is 0 Å². The normalized spacial score (nSPS) is 12.9. The Morgan fingerprint density at radius 1 is 1.43 bits per heavy atom. The van der Waals surface area contributed by atoms with Gasteiger partial charge in [0.25, 0.3) is 0 Å². The Morgan fingerprint density at radius 2 is 2.14 bits per heavy atom. The monoisotopic (exact) mass is 211 g/mol. The molecule has 0 bridgehead atoms. The molecule has 14 heavy (non-hydrogen) atoms. The van der Waals surface area contributed by atoms with Crippen LogP contribution >= 0.6 is 11.6 Å². The largest absolute Gasteiger partial charge is 0.319 e. The molecule has 0 radical (unpaired) electrons. The first kappa shape index (κ1) is 11.5. The van der Waals surface area contributed by atoms with Crippen molar-refractivity contribution in [1.82, 2.24) is 5.32 Å². The molecule has 0 spiro atoms. The first-order chi connectivity index (χ1) is 6.63. The molecule has 0 saturated carbocycles. The highest BCUT2D eigenvalue weighted by Crippen LogP contribution is 2.18. The van der Waals surface area contributed by atoms with Gasteiger partial charge < -0.3 is 5.32 Å². The summed E-state index contributed by atoms with van der Waals surface area (Å²) in [5.74, 6) is 0.652. The number of hydrogen-bond donors (Lipinski definition) is 1. The van der Waals surface area contributed by atoms with E-state index >= 15 is 0 Å². The van der Waals surface area contributed by atoms with Crippen molar-refractivity contribution in [2.24, 2.45) is 5.92 Å². The number of benzene rings is 1. The number of rotatable bonds is 4. The van der Waals surface area contributed by atoms with Gasteiger partial charge in [-0.25, -0.2) is 0 Å². The maximum Gasteiger partial charge on any atom is 0.0437 e. The minimum Gasteiger partial charge on any atom is -0.319 e. The topological polar surface area (TPSA) is 12.0 Å². The summed E-state index contributed by atoms with van der Waals surface area (Å²) in [7, 11) is 1.98. The van der Waals surface area contributed by atoms with Crippen LogP contribution < -0.4 is 5.32 Å². The lowest BCUT2D eigenvalue weighted by Crippen LogP contribution is -2.17. The average molecular weight is 212 g/mol. The Hall–Kier alpha value is -0.530. The molecule has 1 aromatic carbocycles. The van der Waals surface area contributed by atoms with Crippen LogP contribution in [-0.4, -0.2) is 13.6 Å². The minimum atomic E-state index is 0.652. The quantitative estimate of drug-likeness (QED) is 0.808. The molecule has 78 valence electrons. The Labute approximate surface area is 91.5 Å². The maximum absolute atomic E-state index is 6.06. The lowest BCUT2D eigenvalue weighted by molar-refractivity contribution is 0.542. The van der Waals surface area contributed by atoms with E-state index in [2.05, 4.69) is 30.4 Å². The first-order valence-corrected chi connectivity index (χ1v) is 5.41. The summed E-state index contributed by atoms with van der Waals surface area (Å²) in [4.78, 5) is 0. The average Bonchev–Trinajstić information content (AvgIpc) is 2.12. The molecule has 1 unspecified atom stereocenters. The predicted octanol–water partition coefficient (Wildman–Crippen LogP) is 3.05. The van der Waals surface area contributed by atoms with Crippen molar-refractivity contribution >= 4 is 11.6 Å². The number of nitrogens with one attached hydrogen (secondary N) is 1. The van der Waals surface area contributed by atoms with Crippen molar-refractivity contribution in [3.8, 4) is 0 Å². The van der Waals surface area contributed by atoms with E-state index in [1.54, 1.807) is 0 Å². The van der Waals surface area contributed by atoms with Gasteiger partial charge in [0.2, 0.25) is 0 Å². The number of aryl methyl sites for hydroxylation is 1. The van der Waals surface area contributed by atoms with Gasteiger partial charge in [-0.3, -0.25) is 0 Å². The summed E-state index contributed by atoms with van der Waals surface area (Å²) >= 11 is 6.06. The molecule has 2 heteroatoms. The second-order valence-electron chi connectivity index (χ2n) is 3.95. The smallest absolute Gasteiger partial charge is 0.0437 e. The van der Waals surface area contributed by atoms with Crippen molar-refractivity contribution < 1.29 is 0 Å². The molecule has 1 nitrogen and oxygen atoms in total. The molecule has 0 aromatic heterocycles. The van der Waals surface area contributed by atoms with E-state index in [1.807, 2.05) is 14.0 Å². The molecule has 1 N–H and O–H groups in total. The van der Waals surface area contributed by atoms with Gasteiger partial charge in [-0.2, -0.15) is 0 Å². The van der Waals surface area contributed by atoms with Crippen molar-refractivity contribution in [1.29, 1.82) is 0 Å². The predicted molar refractivity (Wildman–Crippen MR) is 63.0 cm³/mol. The molecular weight excluding hydrogens is 194 g/mol. The third-order valence-electron chi connectivity index (χ3n) is 2.37. The summed E-state index contributed by atoms with van der Waals surface area (Å²) in [6.07, 6.45) is 1.08. The van der Waals surface area contributed by atoms with E-state index in [9.17, 15) is 0 Å². The molecule has 0 aliphatic carbocycles. The third kappa shape index (κ3) is 3.32. The van der Waals surface area contributed by atoms with Crippen molar-refractivity contribution in [2.45, 2.75) is 20.3 Å². The second-order valence-corrected chi connectivity index (χ2v) is 4.36. The molecule has 0 fully saturated rings. The fraction of sp³-hybridized carbons (Fsp3) is 0.500. The van der Waals surface area contributed by atoms with Crippen LogP contribution in [0.15, 0.2) is 18.2 Å². The highest BCUT2D eigenvalue weighted by molar-refractivity contribution is 6.31. The van der Waals surface area contributed by atoms with E-state index in [4.69, 9.17) is 11.6 Å². The van der Waals surface area contributed by atoms with Crippen LogP contribution in [0, 0.1) is 12.8 Å². The Morgan fingerprint density at radius 3 is 2.71 bits per heavy atom. The highest BCUT2D eigenvalue weighted by atomic mass is 35.5. The van der Waals surface area contributed by atoms with Gasteiger partial charge in [-0.1, -0.05) is 30.7 Å². The van der Waals surface area contributed by atoms with Crippen molar-refractivity contribution in [3.05, 3.63) is 34.3 Å².